The Bertz CT molecular complexity index is 470. The summed E-state index contributed by atoms with van der Waals surface area (Å²) in [6, 6.07) is 0.822. The van der Waals surface area contributed by atoms with Gasteiger partial charge in [0.05, 0.1) is 0 Å². The van der Waals surface area contributed by atoms with Crippen LogP contribution in [0.15, 0.2) is 11.3 Å². The van der Waals surface area contributed by atoms with Crippen LogP contribution in [0.1, 0.15) is 32.5 Å². The smallest absolute Gasteiger partial charge is 0.191 e. The third-order valence-corrected chi connectivity index (χ3v) is 4.04. The predicted molar refractivity (Wildman–Crippen MR) is 104 cm³/mol. The lowest BCUT2D eigenvalue weighted by Gasteiger charge is -2.20. The summed E-state index contributed by atoms with van der Waals surface area (Å²) in [6.45, 7) is 9.12. The van der Waals surface area contributed by atoms with Crippen molar-refractivity contribution < 1.29 is 0 Å². The van der Waals surface area contributed by atoms with E-state index in [0.29, 0.717) is 0 Å². The van der Waals surface area contributed by atoms with E-state index in [-0.39, 0.29) is 24.0 Å². The minimum absolute atomic E-state index is 0. The van der Waals surface area contributed by atoms with E-state index in [0.717, 1.165) is 57.0 Å². The molecule has 0 aromatic carbocycles. The number of aliphatic imine (C=N–C) groups is 1. The van der Waals surface area contributed by atoms with Crippen molar-refractivity contribution in [3.8, 4) is 0 Å². The van der Waals surface area contributed by atoms with E-state index in [1.54, 1.807) is 6.33 Å². The Morgan fingerprint density at radius 1 is 1.35 bits per heavy atom. The second-order valence-electron chi connectivity index (χ2n) is 5.58. The van der Waals surface area contributed by atoms with Crippen LogP contribution in [0.3, 0.4) is 0 Å². The van der Waals surface area contributed by atoms with Crippen molar-refractivity contribution in [3.63, 3.8) is 0 Å². The largest absolute Gasteiger partial charge is 0.355 e. The average Bonchev–Trinajstić information content (AvgIpc) is 3.28. The van der Waals surface area contributed by atoms with Crippen molar-refractivity contribution in [3.05, 3.63) is 12.2 Å². The highest BCUT2D eigenvalue weighted by molar-refractivity contribution is 14.0. The molecule has 0 radical (unpaired) electrons. The Hall–Kier alpha value is -0.900. The van der Waals surface area contributed by atoms with Gasteiger partial charge in [0.25, 0.3) is 0 Å². The minimum Gasteiger partial charge on any atom is -0.355 e. The fraction of sp³-hybridized carbons (Fsp3) is 0.800. The number of aryl methyl sites for hydroxylation is 1. The maximum absolute atomic E-state index is 4.27. The van der Waals surface area contributed by atoms with E-state index in [9.17, 15) is 0 Å². The van der Waals surface area contributed by atoms with Gasteiger partial charge in [-0.3, -0.25) is 9.89 Å². The number of guanidine groups is 1. The zero-order chi connectivity index (χ0) is 15.8. The Kier molecular flexibility index (Phi) is 9.46. The highest BCUT2D eigenvalue weighted by Crippen LogP contribution is 2.25. The second kappa shape index (κ2) is 10.8. The van der Waals surface area contributed by atoms with Gasteiger partial charge in [-0.15, -0.1) is 34.2 Å². The molecule has 2 N–H and O–H groups in total. The molecule has 0 aliphatic heterocycles. The lowest BCUT2D eigenvalue weighted by atomic mass is 10.4. The summed E-state index contributed by atoms with van der Waals surface area (Å²) in [5.41, 5.74) is 0. The van der Waals surface area contributed by atoms with Gasteiger partial charge in [0.15, 0.2) is 5.96 Å². The summed E-state index contributed by atoms with van der Waals surface area (Å²) in [5.74, 6) is 1.88. The molecular formula is C15H30IN7. The number of nitrogens with one attached hydrogen (secondary N) is 2. The highest BCUT2D eigenvalue weighted by Gasteiger charge is 2.27. The van der Waals surface area contributed by atoms with Gasteiger partial charge in [0.2, 0.25) is 0 Å². The quantitative estimate of drug-likeness (QED) is 0.346. The van der Waals surface area contributed by atoms with Gasteiger partial charge in [0, 0.05) is 45.7 Å². The van der Waals surface area contributed by atoms with Crippen LogP contribution in [-0.4, -0.2) is 64.9 Å². The molecule has 1 aromatic rings. The molecule has 0 atom stereocenters. The Morgan fingerprint density at radius 2 is 2.09 bits per heavy atom. The van der Waals surface area contributed by atoms with Gasteiger partial charge >= 0.3 is 0 Å². The lowest BCUT2D eigenvalue weighted by molar-refractivity contribution is 0.282. The standard InChI is InChI=1S/C15H29N7.HI/c1-4-14-20-19-12-22(14)11-9-18-15(16-3)17-8-10-21(5-2)13-6-7-13;/h12-13H,4-11H2,1-3H3,(H2,16,17,18);1H. The number of halogens is 1. The van der Waals surface area contributed by atoms with Crippen LogP contribution in [0, 0.1) is 0 Å². The molecule has 1 heterocycles. The molecule has 0 spiro atoms. The minimum atomic E-state index is 0. The van der Waals surface area contributed by atoms with Gasteiger partial charge < -0.3 is 15.2 Å². The second-order valence-corrected chi connectivity index (χ2v) is 5.58. The van der Waals surface area contributed by atoms with Crippen molar-refractivity contribution in [2.45, 2.75) is 45.7 Å². The fourth-order valence-electron chi connectivity index (χ4n) is 2.61. The average molecular weight is 435 g/mol. The predicted octanol–water partition coefficient (Wildman–Crippen LogP) is 1.11. The first-order valence-corrected chi connectivity index (χ1v) is 8.33. The zero-order valence-electron chi connectivity index (χ0n) is 14.5. The van der Waals surface area contributed by atoms with E-state index in [1.807, 2.05) is 7.05 Å². The van der Waals surface area contributed by atoms with Crippen molar-refractivity contribution in [2.75, 3.05) is 33.2 Å². The van der Waals surface area contributed by atoms with E-state index < -0.39 is 0 Å². The molecule has 1 aromatic heterocycles. The first-order chi connectivity index (χ1) is 10.8. The van der Waals surface area contributed by atoms with E-state index in [2.05, 4.69) is 49.1 Å². The molecule has 1 aliphatic rings. The van der Waals surface area contributed by atoms with Crippen molar-refractivity contribution in [2.24, 2.45) is 4.99 Å². The summed E-state index contributed by atoms with van der Waals surface area (Å²) in [6.07, 6.45) is 5.41. The van der Waals surface area contributed by atoms with Crippen LogP contribution in [0.5, 0.6) is 0 Å². The molecule has 0 amide bonds. The molecule has 0 saturated heterocycles. The number of nitrogens with zero attached hydrogens (tertiary/aromatic N) is 5. The first-order valence-electron chi connectivity index (χ1n) is 8.33. The van der Waals surface area contributed by atoms with Crippen LogP contribution in [0.2, 0.25) is 0 Å². The molecule has 0 bridgehead atoms. The SMILES string of the molecule is CCc1nncn1CCNC(=NC)NCCN(CC)C1CC1.I. The molecule has 132 valence electrons. The summed E-state index contributed by atoms with van der Waals surface area (Å²) in [4.78, 5) is 6.80. The van der Waals surface area contributed by atoms with Gasteiger partial charge in [-0.25, -0.2) is 0 Å². The van der Waals surface area contributed by atoms with E-state index in [1.165, 1.54) is 12.8 Å². The first kappa shape index (κ1) is 20.1. The Morgan fingerprint density at radius 3 is 2.70 bits per heavy atom. The highest BCUT2D eigenvalue weighted by atomic mass is 127. The van der Waals surface area contributed by atoms with Crippen LogP contribution in [0.4, 0.5) is 0 Å². The number of likely N-dealkylation sites (N-methyl/N-ethyl adjacent to an activating group) is 1. The monoisotopic (exact) mass is 435 g/mol. The van der Waals surface area contributed by atoms with Gasteiger partial charge in [-0.1, -0.05) is 13.8 Å². The van der Waals surface area contributed by atoms with Crippen LogP contribution in [0.25, 0.3) is 0 Å². The molecule has 7 nitrogen and oxygen atoms in total. The fourth-order valence-corrected chi connectivity index (χ4v) is 2.61. The number of rotatable bonds is 9. The van der Waals surface area contributed by atoms with Crippen LogP contribution in [-0.2, 0) is 13.0 Å². The molecule has 1 aliphatic carbocycles. The van der Waals surface area contributed by atoms with Crippen molar-refractivity contribution in [1.29, 1.82) is 0 Å². The van der Waals surface area contributed by atoms with Crippen LogP contribution < -0.4 is 10.6 Å². The maximum atomic E-state index is 4.27. The third-order valence-electron chi connectivity index (χ3n) is 4.04. The summed E-state index contributed by atoms with van der Waals surface area (Å²) >= 11 is 0. The lowest BCUT2D eigenvalue weighted by Crippen LogP contribution is -2.43. The van der Waals surface area contributed by atoms with Crippen molar-refractivity contribution >= 4 is 29.9 Å². The molecule has 1 saturated carbocycles. The Labute approximate surface area is 156 Å². The van der Waals surface area contributed by atoms with Gasteiger partial charge in [-0.2, -0.15) is 0 Å². The molecule has 8 heteroatoms. The number of aromatic nitrogens is 3. The zero-order valence-corrected chi connectivity index (χ0v) is 16.8. The topological polar surface area (TPSA) is 70.4 Å². The molecule has 2 rings (SSSR count). The van der Waals surface area contributed by atoms with E-state index in [4.69, 9.17) is 0 Å². The maximum Gasteiger partial charge on any atom is 0.191 e. The summed E-state index contributed by atoms with van der Waals surface area (Å²) in [5, 5.41) is 14.8. The van der Waals surface area contributed by atoms with Gasteiger partial charge in [0.1, 0.15) is 12.2 Å². The number of hydrogen-bond acceptors (Lipinski definition) is 4. The van der Waals surface area contributed by atoms with Crippen LogP contribution >= 0.6 is 24.0 Å². The molecular weight excluding hydrogens is 405 g/mol. The summed E-state index contributed by atoms with van der Waals surface area (Å²) < 4.78 is 2.08. The van der Waals surface area contributed by atoms with E-state index >= 15 is 0 Å². The van der Waals surface area contributed by atoms with Crippen molar-refractivity contribution in [1.82, 2.24) is 30.3 Å². The molecule has 23 heavy (non-hydrogen) atoms. The normalized spacial score (nSPS) is 14.7. The van der Waals surface area contributed by atoms with Gasteiger partial charge in [-0.05, 0) is 19.4 Å². The Balaban J connectivity index is 0.00000264. The third kappa shape index (κ3) is 6.62. The molecule has 1 fully saturated rings. The summed E-state index contributed by atoms with van der Waals surface area (Å²) in [7, 11) is 1.81. The molecule has 0 unspecified atom stereocenters. The number of hydrogen-bond donors (Lipinski definition) is 2.